The van der Waals surface area contributed by atoms with E-state index in [-0.39, 0.29) is 11.2 Å². The number of methoxy groups -OCH3 is 1. The van der Waals surface area contributed by atoms with Gasteiger partial charge in [0.15, 0.2) is 0 Å². The molecule has 1 atom stereocenters. The molecule has 1 aliphatic carbocycles. The van der Waals surface area contributed by atoms with Crippen molar-refractivity contribution in [1.29, 1.82) is 0 Å². The Labute approximate surface area is 117 Å². The molecule has 0 saturated heterocycles. The molecule has 2 rings (SSSR count). The lowest BCUT2D eigenvalue weighted by Crippen LogP contribution is -2.14. The zero-order chi connectivity index (χ0) is 13.7. The fourth-order valence-electron chi connectivity index (χ4n) is 2.45. The molecule has 0 amide bonds. The largest absolute Gasteiger partial charge is 0.468 e. The number of carbonyl (C=O) groups excluding carboxylic acids is 1. The highest BCUT2D eigenvalue weighted by atomic mass is 32.2. The number of rotatable bonds is 6. The fourth-order valence-corrected chi connectivity index (χ4v) is 3.22. The highest BCUT2D eigenvalue weighted by Crippen LogP contribution is 2.28. The van der Waals surface area contributed by atoms with Gasteiger partial charge < -0.3 is 4.74 Å². The van der Waals surface area contributed by atoms with E-state index in [9.17, 15) is 4.79 Å². The van der Waals surface area contributed by atoms with Crippen LogP contribution in [0, 0.1) is 5.92 Å². The van der Waals surface area contributed by atoms with Gasteiger partial charge in [-0.3, -0.25) is 9.89 Å². The van der Waals surface area contributed by atoms with Crippen molar-refractivity contribution in [3.8, 4) is 0 Å². The molecule has 19 heavy (non-hydrogen) atoms. The minimum absolute atomic E-state index is 0.248. The Hall–Kier alpha value is -1.04. The van der Waals surface area contributed by atoms with Crippen LogP contribution in [0.1, 0.15) is 44.9 Å². The fraction of sp³-hybridized carbons (Fsp3) is 0.769. The van der Waals surface area contributed by atoms with Crippen molar-refractivity contribution in [2.24, 2.45) is 5.92 Å². The number of aromatic amines is 1. The molecule has 5 nitrogen and oxygen atoms in total. The van der Waals surface area contributed by atoms with Crippen LogP contribution in [0.5, 0.6) is 0 Å². The summed E-state index contributed by atoms with van der Waals surface area (Å²) in [4.78, 5) is 15.7. The predicted octanol–water partition coefficient (Wildman–Crippen LogP) is 2.58. The number of hydrogen-bond acceptors (Lipinski definition) is 5. The molecule has 1 aliphatic rings. The van der Waals surface area contributed by atoms with Crippen molar-refractivity contribution in [1.82, 2.24) is 15.2 Å². The lowest BCUT2D eigenvalue weighted by Gasteiger charge is -2.06. The summed E-state index contributed by atoms with van der Waals surface area (Å²) in [7, 11) is 1.39. The van der Waals surface area contributed by atoms with Gasteiger partial charge in [0.05, 0.1) is 7.11 Å². The number of aryl methyl sites for hydroxylation is 1. The summed E-state index contributed by atoms with van der Waals surface area (Å²) >= 11 is 1.33. The molecule has 0 bridgehead atoms. The summed E-state index contributed by atoms with van der Waals surface area (Å²) < 4.78 is 4.68. The average Bonchev–Trinajstić information content (AvgIpc) is 3.06. The van der Waals surface area contributed by atoms with E-state index in [0.29, 0.717) is 5.16 Å². The number of esters is 1. The van der Waals surface area contributed by atoms with E-state index in [4.69, 9.17) is 0 Å². The molecule has 0 aromatic carbocycles. The van der Waals surface area contributed by atoms with Crippen molar-refractivity contribution in [3.63, 3.8) is 0 Å². The molecule has 6 heteroatoms. The molecule has 1 saturated carbocycles. The molecule has 1 fully saturated rings. The average molecular weight is 283 g/mol. The van der Waals surface area contributed by atoms with Crippen molar-refractivity contribution >= 4 is 17.7 Å². The van der Waals surface area contributed by atoms with Crippen LogP contribution < -0.4 is 0 Å². The monoisotopic (exact) mass is 283 g/mol. The number of nitrogens with one attached hydrogen (secondary N) is 1. The third-order valence-electron chi connectivity index (χ3n) is 3.59. The maximum atomic E-state index is 11.3. The molecular weight excluding hydrogens is 262 g/mol. The SMILES string of the molecule is COC(=O)C(C)Sc1n[nH]c(CCC2CCCC2)n1. The topological polar surface area (TPSA) is 67.9 Å². The van der Waals surface area contributed by atoms with Crippen LogP contribution in [0.25, 0.3) is 0 Å². The molecule has 0 radical (unpaired) electrons. The van der Waals surface area contributed by atoms with Gasteiger partial charge in [-0.15, -0.1) is 5.10 Å². The molecular formula is C13H21N3O2S. The second kappa shape index (κ2) is 6.93. The van der Waals surface area contributed by atoms with E-state index in [2.05, 4.69) is 19.9 Å². The number of hydrogen-bond donors (Lipinski definition) is 1. The van der Waals surface area contributed by atoms with E-state index >= 15 is 0 Å². The van der Waals surface area contributed by atoms with Crippen LogP contribution in [0.15, 0.2) is 5.16 Å². The smallest absolute Gasteiger partial charge is 0.318 e. The maximum absolute atomic E-state index is 11.3. The van der Waals surface area contributed by atoms with E-state index in [1.54, 1.807) is 6.92 Å². The molecule has 1 aromatic heterocycles. The first-order chi connectivity index (χ1) is 9.19. The van der Waals surface area contributed by atoms with Crippen LogP contribution in [0.4, 0.5) is 0 Å². The molecule has 1 unspecified atom stereocenters. The molecule has 1 heterocycles. The Morgan fingerprint density at radius 2 is 2.26 bits per heavy atom. The summed E-state index contributed by atoms with van der Waals surface area (Å²) in [5, 5.41) is 7.44. The van der Waals surface area contributed by atoms with Gasteiger partial charge in [0.1, 0.15) is 11.1 Å². The van der Waals surface area contributed by atoms with E-state index in [1.165, 1.54) is 51.0 Å². The quantitative estimate of drug-likeness (QED) is 0.642. The third-order valence-corrected chi connectivity index (χ3v) is 4.53. The van der Waals surface area contributed by atoms with Gasteiger partial charge in [-0.25, -0.2) is 4.98 Å². The minimum atomic E-state index is -0.275. The van der Waals surface area contributed by atoms with Crippen molar-refractivity contribution in [2.75, 3.05) is 7.11 Å². The molecule has 0 aliphatic heterocycles. The standard InChI is InChI=1S/C13H21N3O2S/c1-9(12(17)18-2)19-13-14-11(15-16-13)8-7-10-5-3-4-6-10/h9-10H,3-8H2,1-2H3,(H,14,15,16). The normalized spacial score (nSPS) is 17.6. The van der Waals surface area contributed by atoms with E-state index in [0.717, 1.165) is 18.2 Å². The number of ether oxygens (including phenoxy) is 1. The number of thioether (sulfide) groups is 1. The van der Waals surface area contributed by atoms with Crippen LogP contribution in [0.3, 0.4) is 0 Å². The first-order valence-electron chi connectivity index (χ1n) is 6.85. The van der Waals surface area contributed by atoms with Crippen LogP contribution in [-0.4, -0.2) is 33.5 Å². The van der Waals surface area contributed by atoms with Crippen LogP contribution in [-0.2, 0) is 16.0 Å². The molecule has 106 valence electrons. The third kappa shape index (κ3) is 4.23. The molecule has 0 spiro atoms. The second-order valence-corrected chi connectivity index (χ2v) is 6.35. The molecule has 1 aromatic rings. The van der Waals surface area contributed by atoms with Crippen molar-refractivity contribution in [2.45, 2.75) is 55.9 Å². The number of nitrogens with zero attached hydrogens (tertiary/aromatic N) is 2. The summed E-state index contributed by atoms with van der Waals surface area (Å²) in [5.74, 6) is 1.53. The lowest BCUT2D eigenvalue weighted by molar-refractivity contribution is -0.139. The maximum Gasteiger partial charge on any atom is 0.318 e. The number of carbonyl (C=O) groups is 1. The number of aromatic nitrogens is 3. The Kier molecular flexibility index (Phi) is 5.24. The zero-order valence-corrected chi connectivity index (χ0v) is 12.3. The Bertz CT molecular complexity index is 416. The minimum Gasteiger partial charge on any atom is -0.468 e. The van der Waals surface area contributed by atoms with Crippen LogP contribution >= 0.6 is 11.8 Å². The van der Waals surface area contributed by atoms with E-state index < -0.39 is 0 Å². The summed E-state index contributed by atoms with van der Waals surface area (Å²) in [5.41, 5.74) is 0. The van der Waals surface area contributed by atoms with Gasteiger partial charge in [-0.1, -0.05) is 37.4 Å². The van der Waals surface area contributed by atoms with Gasteiger partial charge in [-0.05, 0) is 19.3 Å². The summed E-state index contributed by atoms with van der Waals surface area (Å²) in [6, 6.07) is 0. The highest BCUT2D eigenvalue weighted by molar-refractivity contribution is 8.00. The van der Waals surface area contributed by atoms with Gasteiger partial charge in [0, 0.05) is 6.42 Å². The van der Waals surface area contributed by atoms with Crippen LogP contribution in [0.2, 0.25) is 0 Å². The van der Waals surface area contributed by atoms with Gasteiger partial charge in [0.2, 0.25) is 5.16 Å². The Balaban J connectivity index is 1.79. The summed E-state index contributed by atoms with van der Waals surface area (Å²) in [6.45, 7) is 1.80. The summed E-state index contributed by atoms with van der Waals surface area (Å²) in [6.07, 6.45) is 7.60. The van der Waals surface area contributed by atoms with E-state index in [1.807, 2.05) is 0 Å². The van der Waals surface area contributed by atoms with Crippen molar-refractivity contribution < 1.29 is 9.53 Å². The zero-order valence-electron chi connectivity index (χ0n) is 11.5. The predicted molar refractivity (Wildman–Crippen MR) is 74.0 cm³/mol. The van der Waals surface area contributed by atoms with Gasteiger partial charge in [-0.2, -0.15) is 0 Å². The van der Waals surface area contributed by atoms with Crippen molar-refractivity contribution in [3.05, 3.63) is 5.82 Å². The first kappa shape index (κ1) is 14.4. The molecule has 1 N–H and O–H groups in total. The Morgan fingerprint density at radius 3 is 2.95 bits per heavy atom. The first-order valence-corrected chi connectivity index (χ1v) is 7.72. The lowest BCUT2D eigenvalue weighted by atomic mass is 10.0. The highest BCUT2D eigenvalue weighted by Gasteiger charge is 2.18. The van der Waals surface area contributed by atoms with Gasteiger partial charge in [0.25, 0.3) is 0 Å². The Morgan fingerprint density at radius 1 is 1.53 bits per heavy atom. The second-order valence-electron chi connectivity index (χ2n) is 5.04. The number of H-pyrrole nitrogens is 1. The van der Waals surface area contributed by atoms with Gasteiger partial charge >= 0.3 is 5.97 Å².